The molecule has 2 aliphatic heterocycles. The third-order valence-corrected chi connectivity index (χ3v) is 5.34. The summed E-state index contributed by atoms with van der Waals surface area (Å²) in [6, 6.07) is 13.4. The number of unbranched alkanes of at least 4 members (excludes halogenated alkanes) is 2. The van der Waals surface area contributed by atoms with Gasteiger partial charge in [-0.15, -0.1) is 0 Å². The molecular weight excluding hydrogens is 370 g/mol. The highest BCUT2D eigenvalue weighted by molar-refractivity contribution is 6.06. The van der Waals surface area contributed by atoms with E-state index >= 15 is 0 Å². The fraction of sp³-hybridized carbons (Fsp3) is 0.435. The number of ether oxygens (including phenoxy) is 4. The number of hydrogen-bond acceptors (Lipinski definition) is 5. The van der Waals surface area contributed by atoms with E-state index in [1.165, 1.54) is 0 Å². The lowest BCUT2D eigenvalue weighted by molar-refractivity contribution is -0.180. The topological polar surface area (TPSA) is 57.2 Å². The average Bonchev–Trinajstić information content (AvgIpc) is 3.33. The molecule has 0 N–H and O–H groups in total. The highest BCUT2D eigenvalue weighted by Crippen LogP contribution is 2.46. The second-order valence-electron chi connectivity index (χ2n) is 7.26. The third kappa shape index (κ3) is 3.58. The van der Waals surface area contributed by atoms with Gasteiger partial charge in [0.2, 0.25) is 0 Å². The van der Waals surface area contributed by atoms with Crippen molar-refractivity contribution in [1.29, 1.82) is 0 Å². The van der Waals surface area contributed by atoms with Crippen LogP contribution in [-0.4, -0.2) is 32.8 Å². The molecule has 0 radical (unpaired) electrons. The minimum Gasteiger partial charge on any atom is -0.493 e. The van der Waals surface area contributed by atoms with Gasteiger partial charge in [-0.1, -0.05) is 44.0 Å². The lowest BCUT2D eigenvalue weighted by atomic mass is 10.1. The summed E-state index contributed by atoms with van der Waals surface area (Å²) in [5.41, 5.74) is 2.53. The maximum atomic E-state index is 13.2. The van der Waals surface area contributed by atoms with Crippen LogP contribution >= 0.6 is 0 Å². The van der Waals surface area contributed by atoms with E-state index in [9.17, 15) is 4.79 Å². The first-order valence-corrected chi connectivity index (χ1v) is 10.2. The molecule has 1 amide bonds. The summed E-state index contributed by atoms with van der Waals surface area (Å²) in [5, 5.41) is 0. The standard InChI is InChI=1S/C23H27NO5/c1-3-4-7-12-27-20-11-10-17(15-21(20)26-2)16-24-19-9-6-5-8-18(19)23(22(24)25)28-13-14-29-23/h5-6,8-11,15H,3-4,7,12-14,16H2,1-2H3. The van der Waals surface area contributed by atoms with Crippen molar-refractivity contribution in [2.24, 2.45) is 0 Å². The van der Waals surface area contributed by atoms with Crippen LogP contribution < -0.4 is 14.4 Å². The Hall–Kier alpha value is -2.57. The van der Waals surface area contributed by atoms with Crippen LogP contribution in [0.15, 0.2) is 42.5 Å². The second-order valence-corrected chi connectivity index (χ2v) is 7.26. The predicted octanol–water partition coefficient (Wildman–Crippen LogP) is 4.01. The molecule has 6 heteroatoms. The molecular formula is C23H27NO5. The molecule has 0 unspecified atom stereocenters. The molecule has 6 nitrogen and oxygen atoms in total. The fourth-order valence-corrected chi connectivity index (χ4v) is 3.88. The van der Waals surface area contributed by atoms with Crippen molar-refractivity contribution in [3.8, 4) is 11.5 Å². The smallest absolute Gasteiger partial charge is 0.292 e. The average molecular weight is 397 g/mol. The summed E-state index contributed by atoms with van der Waals surface area (Å²) in [6.07, 6.45) is 3.31. The Bertz CT molecular complexity index is 875. The maximum absolute atomic E-state index is 13.2. The maximum Gasteiger partial charge on any atom is 0.292 e. The highest BCUT2D eigenvalue weighted by atomic mass is 16.7. The van der Waals surface area contributed by atoms with Gasteiger partial charge in [-0.05, 0) is 30.2 Å². The molecule has 1 fully saturated rings. The second kappa shape index (κ2) is 8.43. The molecule has 4 rings (SSSR count). The van der Waals surface area contributed by atoms with Gasteiger partial charge in [0.05, 0.1) is 39.2 Å². The van der Waals surface area contributed by atoms with E-state index < -0.39 is 5.79 Å². The lowest BCUT2D eigenvalue weighted by Crippen LogP contribution is -2.40. The van der Waals surface area contributed by atoms with E-state index in [0.717, 1.165) is 41.8 Å². The Morgan fingerprint density at radius 2 is 1.86 bits per heavy atom. The molecule has 154 valence electrons. The van der Waals surface area contributed by atoms with Crippen molar-refractivity contribution in [2.45, 2.75) is 38.5 Å². The highest BCUT2D eigenvalue weighted by Gasteiger charge is 2.55. The van der Waals surface area contributed by atoms with E-state index in [2.05, 4.69) is 6.92 Å². The number of fused-ring (bicyclic) bond motifs is 2. The van der Waals surface area contributed by atoms with E-state index in [1.54, 1.807) is 12.0 Å². The molecule has 29 heavy (non-hydrogen) atoms. The van der Waals surface area contributed by atoms with Gasteiger partial charge in [0, 0.05) is 5.56 Å². The first-order valence-electron chi connectivity index (χ1n) is 10.2. The molecule has 1 saturated heterocycles. The minimum atomic E-state index is -1.30. The predicted molar refractivity (Wildman–Crippen MR) is 109 cm³/mol. The Morgan fingerprint density at radius 3 is 2.62 bits per heavy atom. The Kier molecular flexibility index (Phi) is 5.74. The largest absolute Gasteiger partial charge is 0.493 e. The number of benzene rings is 2. The van der Waals surface area contributed by atoms with Crippen LogP contribution in [0.1, 0.15) is 37.3 Å². The lowest BCUT2D eigenvalue weighted by Gasteiger charge is -2.22. The molecule has 2 aliphatic rings. The van der Waals surface area contributed by atoms with E-state index in [4.69, 9.17) is 18.9 Å². The molecule has 0 atom stereocenters. The molecule has 1 spiro atoms. The SMILES string of the molecule is CCCCCOc1ccc(CN2C(=O)C3(OCCO3)c3ccccc32)cc1OC. The van der Waals surface area contributed by atoms with Gasteiger partial charge < -0.3 is 23.8 Å². The Labute approximate surface area is 171 Å². The molecule has 0 aliphatic carbocycles. The number of methoxy groups -OCH3 is 1. The first-order chi connectivity index (χ1) is 14.2. The summed E-state index contributed by atoms with van der Waals surface area (Å²) < 4.78 is 22.9. The monoisotopic (exact) mass is 397 g/mol. The number of rotatable bonds is 8. The van der Waals surface area contributed by atoms with Gasteiger partial charge in [0.1, 0.15) is 0 Å². The van der Waals surface area contributed by atoms with Crippen molar-refractivity contribution in [1.82, 2.24) is 0 Å². The Balaban J connectivity index is 1.55. The molecule has 2 aromatic carbocycles. The van der Waals surface area contributed by atoms with Gasteiger partial charge in [-0.25, -0.2) is 0 Å². The van der Waals surface area contributed by atoms with Crippen molar-refractivity contribution < 1.29 is 23.7 Å². The van der Waals surface area contributed by atoms with Crippen LogP contribution in [0.25, 0.3) is 0 Å². The first kappa shape index (κ1) is 19.7. The van der Waals surface area contributed by atoms with Crippen molar-refractivity contribution in [3.05, 3.63) is 53.6 Å². The van der Waals surface area contributed by atoms with Crippen LogP contribution in [-0.2, 0) is 26.6 Å². The quantitative estimate of drug-likeness (QED) is 0.630. The van der Waals surface area contributed by atoms with Gasteiger partial charge in [0.15, 0.2) is 11.5 Å². The number of carbonyl (C=O) groups is 1. The van der Waals surface area contributed by atoms with Crippen molar-refractivity contribution in [2.75, 3.05) is 31.8 Å². The van der Waals surface area contributed by atoms with Crippen LogP contribution in [0.4, 0.5) is 5.69 Å². The molecule has 0 bridgehead atoms. The number of para-hydroxylation sites is 1. The zero-order chi connectivity index (χ0) is 20.3. The van der Waals surface area contributed by atoms with Crippen molar-refractivity contribution in [3.63, 3.8) is 0 Å². The summed E-state index contributed by atoms with van der Waals surface area (Å²) in [5.74, 6) is -0.0975. The molecule has 0 saturated carbocycles. The van der Waals surface area contributed by atoms with Crippen LogP contribution in [0.3, 0.4) is 0 Å². The summed E-state index contributed by atoms with van der Waals surface area (Å²) >= 11 is 0. The third-order valence-electron chi connectivity index (χ3n) is 5.34. The normalized spacial score (nSPS) is 17.0. The van der Waals surface area contributed by atoms with E-state index in [0.29, 0.717) is 32.1 Å². The van der Waals surface area contributed by atoms with E-state index in [-0.39, 0.29) is 5.91 Å². The summed E-state index contributed by atoms with van der Waals surface area (Å²) in [7, 11) is 1.63. The number of nitrogens with zero attached hydrogens (tertiary/aromatic N) is 1. The van der Waals surface area contributed by atoms with Gasteiger partial charge in [-0.2, -0.15) is 0 Å². The number of carbonyl (C=O) groups excluding carboxylic acids is 1. The fourth-order valence-electron chi connectivity index (χ4n) is 3.88. The van der Waals surface area contributed by atoms with Crippen molar-refractivity contribution >= 4 is 11.6 Å². The number of anilines is 1. The zero-order valence-corrected chi connectivity index (χ0v) is 17.0. The number of amides is 1. The summed E-state index contributed by atoms with van der Waals surface area (Å²) in [4.78, 5) is 15.0. The van der Waals surface area contributed by atoms with Crippen LogP contribution in [0, 0.1) is 0 Å². The van der Waals surface area contributed by atoms with Gasteiger partial charge in [0.25, 0.3) is 11.7 Å². The molecule has 0 aromatic heterocycles. The molecule has 2 aromatic rings. The number of hydrogen-bond donors (Lipinski definition) is 0. The Morgan fingerprint density at radius 1 is 1.07 bits per heavy atom. The van der Waals surface area contributed by atoms with Gasteiger partial charge >= 0.3 is 0 Å². The van der Waals surface area contributed by atoms with E-state index in [1.807, 2.05) is 42.5 Å². The minimum absolute atomic E-state index is 0.185. The summed E-state index contributed by atoms with van der Waals surface area (Å²) in [6.45, 7) is 4.05. The zero-order valence-electron chi connectivity index (χ0n) is 17.0. The van der Waals surface area contributed by atoms with Gasteiger partial charge in [-0.3, -0.25) is 4.79 Å². The van der Waals surface area contributed by atoms with Crippen LogP contribution in [0.2, 0.25) is 0 Å². The van der Waals surface area contributed by atoms with Crippen LogP contribution in [0.5, 0.6) is 11.5 Å². The molecule has 2 heterocycles.